The fraction of sp³-hybridized carbons (Fsp3) is 0.625. The van der Waals surface area contributed by atoms with E-state index in [0.717, 1.165) is 0 Å². The van der Waals surface area contributed by atoms with E-state index in [1.165, 1.54) is 0 Å². The molecule has 0 aromatic rings. The standard InChI is InChI=1S/C8H13O4P/c1-7(2)8(9)3-4-10-13-11-5-6-12-13/h1,3-6H2,2H3. The van der Waals surface area contributed by atoms with Gasteiger partial charge in [-0.25, -0.2) is 0 Å². The maximum atomic E-state index is 11.1. The van der Waals surface area contributed by atoms with Gasteiger partial charge in [0.15, 0.2) is 5.78 Å². The summed E-state index contributed by atoms with van der Waals surface area (Å²) in [5, 5.41) is 0. The van der Waals surface area contributed by atoms with Crippen molar-refractivity contribution in [3.05, 3.63) is 12.2 Å². The number of hydrogen-bond donors (Lipinski definition) is 0. The van der Waals surface area contributed by atoms with Crippen LogP contribution in [-0.4, -0.2) is 25.6 Å². The highest BCUT2D eigenvalue weighted by atomic mass is 31.2. The van der Waals surface area contributed by atoms with Crippen LogP contribution in [0.25, 0.3) is 0 Å². The predicted octanol–water partition coefficient (Wildman–Crippen LogP) is 1.81. The first kappa shape index (κ1) is 10.8. The molecule has 13 heavy (non-hydrogen) atoms. The zero-order valence-electron chi connectivity index (χ0n) is 7.62. The Morgan fingerprint density at radius 3 is 2.69 bits per heavy atom. The Balaban J connectivity index is 2.06. The molecule has 0 spiro atoms. The molecule has 0 atom stereocenters. The van der Waals surface area contributed by atoms with Gasteiger partial charge >= 0.3 is 8.60 Å². The molecule has 1 heterocycles. The van der Waals surface area contributed by atoms with Gasteiger partial charge in [0.25, 0.3) is 0 Å². The van der Waals surface area contributed by atoms with Gasteiger partial charge < -0.3 is 13.6 Å². The Bertz CT molecular complexity index is 198. The number of ketones is 1. The number of carbonyl (C=O) groups is 1. The molecule has 5 heteroatoms. The van der Waals surface area contributed by atoms with E-state index < -0.39 is 8.60 Å². The largest absolute Gasteiger partial charge is 0.332 e. The lowest BCUT2D eigenvalue weighted by Crippen LogP contribution is -2.02. The van der Waals surface area contributed by atoms with E-state index in [0.29, 0.717) is 31.8 Å². The number of allylic oxidation sites excluding steroid dienone is 1. The molecule has 1 fully saturated rings. The Kier molecular flexibility index (Phi) is 4.53. The number of carbonyl (C=O) groups excluding carboxylic acids is 1. The first-order valence-electron chi connectivity index (χ1n) is 4.07. The number of Topliss-reactive ketones (excluding diaryl/α,β-unsaturated/α-hetero) is 1. The van der Waals surface area contributed by atoms with Crippen molar-refractivity contribution >= 4 is 14.4 Å². The summed E-state index contributed by atoms with van der Waals surface area (Å²) in [5.74, 6) is 0.0224. The minimum absolute atomic E-state index is 0.0224. The lowest BCUT2D eigenvalue weighted by Gasteiger charge is -2.06. The molecule has 1 saturated heterocycles. The van der Waals surface area contributed by atoms with Crippen molar-refractivity contribution < 1.29 is 18.4 Å². The molecule has 0 saturated carbocycles. The second kappa shape index (κ2) is 5.45. The Labute approximate surface area is 78.9 Å². The molecule has 0 bridgehead atoms. The van der Waals surface area contributed by atoms with Gasteiger partial charge in [-0.1, -0.05) is 6.58 Å². The normalized spacial score (nSPS) is 17.6. The van der Waals surface area contributed by atoms with E-state index >= 15 is 0 Å². The minimum Gasteiger partial charge on any atom is -0.312 e. The molecule has 1 rings (SSSR count). The molecule has 1 aliphatic heterocycles. The summed E-state index contributed by atoms with van der Waals surface area (Å²) in [7, 11) is -1.18. The van der Waals surface area contributed by atoms with Crippen molar-refractivity contribution in [1.29, 1.82) is 0 Å². The third kappa shape index (κ3) is 3.96. The fourth-order valence-corrected chi connectivity index (χ4v) is 1.67. The summed E-state index contributed by atoms with van der Waals surface area (Å²) in [5.41, 5.74) is 0.560. The van der Waals surface area contributed by atoms with E-state index in [2.05, 4.69) is 6.58 Å². The highest BCUT2D eigenvalue weighted by Gasteiger charge is 2.18. The highest BCUT2D eigenvalue weighted by molar-refractivity contribution is 7.41. The quantitative estimate of drug-likeness (QED) is 0.506. The molecule has 0 N–H and O–H groups in total. The molecular weight excluding hydrogens is 191 g/mol. The topological polar surface area (TPSA) is 44.8 Å². The zero-order valence-corrected chi connectivity index (χ0v) is 8.51. The van der Waals surface area contributed by atoms with E-state index in [1.807, 2.05) is 0 Å². The summed E-state index contributed by atoms with van der Waals surface area (Å²) in [6.45, 7) is 6.75. The summed E-state index contributed by atoms with van der Waals surface area (Å²) < 4.78 is 15.3. The summed E-state index contributed by atoms with van der Waals surface area (Å²) in [6.07, 6.45) is 0.348. The third-order valence-corrected chi connectivity index (χ3v) is 2.66. The van der Waals surface area contributed by atoms with Crippen molar-refractivity contribution in [1.82, 2.24) is 0 Å². The third-order valence-electron chi connectivity index (χ3n) is 1.48. The molecule has 0 aromatic heterocycles. The van der Waals surface area contributed by atoms with Crippen LogP contribution in [-0.2, 0) is 18.4 Å². The van der Waals surface area contributed by atoms with Crippen LogP contribution in [0.5, 0.6) is 0 Å². The van der Waals surface area contributed by atoms with Crippen molar-refractivity contribution in [3.8, 4) is 0 Å². The molecule has 4 nitrogen and oxygen atoms in total. The Morgan fingerprint density at radius 2 is 2.15 bits per heavy atom. The van der Waals surface area contributed by atoms with Crippen LogP contribution in [0, 0.1) is 0 Å². The van der Waals surface area contributed by atoms with Crippen LogP contribution in [0.3, 0.4) is 0 Å². The lowest BCUT2D eigenvalue weighted by atomic mass is 10.2. The Hall–Kier alpha value is -0.280. The van der Waals surface area contributed by atoms with Crippen LogP contribution in [0.4, 0.5) is 0 Å². The van der Waals surface area contributed by atoms with Gasteiger partial charge in [0.1, 0.15) is 0 Å². The smallest absolute Gasteiger partial charge is 0.312 e. The van der Waals surface area contributed by atoms with Gasteiger partial charge in [-0.2, -0.15) is 0 Å². The molecule has 0 radical (unpaired) electrons. The van der Waals surface area contributed by atoms with Gasteiger partial charge in [-0.3, -0.25) is 4.79 Å². The predicted molar refractivity (Wildman–Crippen MR) is 49.2 cm³/mol. The van der Waals surface area contributed by atoms with E-state index in [9.17, 15) is 4.79 Å². The average Bonchev–Trinajstić information content (AvgIpc) is 2.56. The van der Waals surface area contributed by atoms with Gasteiger partial charge in [-0.15, -0.1) is 0 Å². The molecule has 0 unspecified atom stereocenters. The summed E-state index contributed by atoms with van der Waals surface area (Å²) >= 11 is 0. The van der Waals surface area contributed by atoms with Gasteiger partial charge in [0, 0.05) is 6.42 Å². The van der Waals surface area contributed by atoms with Crippen LogP contribution >= 0.6 is 8.60 Å². The summed E-state index contributed by atoms with van der Waals surface area (Å²) in [6, 6.07) is 0. The molecule has 0 amide bonds. The molecule has 0 aromatic carbocycles. The van der Waals surface area contributed by atoms with Gasteiger partial charge in [0.2, 0.25) is 0 Å². The van der Waals surface area contributed by atoms with Crippen LogP contribution < -0.4 is 0 Å². The maximum Gasteiger partial charge on any atom is 0.332 e. The van der Waals surface area contributed by atoms with E-state index in [-0.39, 0.29) is 5.78 Å². The first-order chi connectivity index (χ1) is 6.20. The minimum atomic E-state index is -1.18. The summed E-state index contributed by atoms with van der Waals surface area (Å²) in [4.78, 5) is 11.1. The van der Waals surface area contributed by atoms with E-state index in [1.54, 1.807) is 6.92 Å². The average molecular weight is 204 g/mol. The molecule has 74 valence electrons. The second-order valence-electron chi connectivity index (χ2n) is 2.68. The van der Waals surface area contributed by atoms with Gasteiger partial charge in [-0.05, 0) is 12.5 Å². The fourth-order valence-electron chi connectivity index (χ4n) is 0.762. The number of hydrogen-bond acceptors (Lipinski definition) is 4. The zero-order chi connectivity index (χ0) is 9.68. The van der Waals surface area contributed by atoms with Crippen LogP contribution in [0.2, 0.25) is 0 Å². The molecular formula is C8H13O4P. The SMILES string of the molecule is C=C(C)C(=O)CCOP1OCCO1. The second-order valence-corrected chi connectivity index (χ2v) is 3.90. The Morgan fingerprint density at radius 1 is 1.54 bits per heavy atom. The lowest BCUT2D eigenvalue weighted by molar-refractivity contribution is -0.115. The number of rotatable bonds is 5. The first-order valence-corrected chi connectivity index (χ1v) is 5.17. The van der Waals surface area contributed by atoms with Crippen LogP contribution in [0.1, 0.15) is 13.3 Å². The van der Waals surface area contributed by atoms with Crippen molar-refractivity contribution in [2.75, 3.05) is 19.8 Å². The van der Waals surface area contributed by atoms with Crippen molar-refractivity contribution in [3.63, 3.8) is 0 Å². The monoisotopic (exact) mass is 204 g/mol. The molecule has 0 aliphatic carbocycles. The highest BCUT2D eigenvalue weighted by Crippen LogP contribution is 2.43. The van der Waals surface area contributed by atoms with Crippen LogP contribution in [0.15, 0.2) is 12.2 Å². The maximum absolute atomic E-state index is 11.1. The van der Waals surface area contributed by atoms with Gasteiger partial charge in [0.05, 0.1) is 19.8 Å². The molecule has 1 aliphatic rings. The van der Waals surface area contributed by atoms with Crippen molar-refractivity contribution in [2.45, 2.75) is 13.3 Å². The van der Waals surface area contributed by atoms with E-state index in [4.69, 9.17) is 13.6 Å². The van der Waals surface area contributed by atoms with Crippen molar-refractivity contribution in [2.24, 2.45) is 0 Å².